The van der Waals surface area contributed by atoms with Crippen LogP contribution in [0.2, 0.25) is 0 Å². The van der Waals surface area contributed by atoms with Crippen LogP contribution in [0.5, 0.6) is 0 Å². The molecule has 2 atom stereocenters. The Morgan fingerprint density at radius 3 is 2.80 bits per heavy atom. The molecular weight excluding hydrogens is 351 g/mol. The van der Waals surface area contributed by atoms with Gasteiger partial charge in [-0.05, 0) is 46.8 Å². The van der Waals surface area contributed by atoms with Crippen molar-refractivity contribution < 1.29 is 17.9 Å². The Labute approximate surface area is 125 Å². The van der Waals surface area contributed by atoms with Crippen molar-refractivity contribution in [3.8, 4) is 0 Å². The third kappa shape index (κ3) is 3.13. The van der Waals surface area contributed by atoms with Crippen molar-refractivity contribution in [2.45, 2.75) is 30.2 Å². The first-order chi connectivity index (χ1) is 9.35. The zero-order chi connectivity index (χ0) is 14.9. The maximum Gasteiger partial charge on any atom is 0.243 e. The molecule has 2 unspecified atom stereocenters. The van der Waals surface area contributed by atoms with E-state index in [-0.39, 0.29) is 28.7 Å². The quantitative estimate of drug-likeness (QED) is 0.705. The third-order valence-corrected chi connectivity index (χ3v) is 5.57. The molecular formula is C12H16BrFN2O3S. The Kier molecular flexibility index (Phi) is 4.68. The van der Waals surface area contributed by atoms with Gasteiger partial charge in [-0.3, -0.25) is 0 Å². The number of sulfonamides is 1. The summed E-state index contributed by atoms with van der Waals surface area (Å²) < 4.78 is 41.0. The van der Waals surface area contributed by atoms with Crippen LogP contribution in [0.25, 0.3) is 0 Å². The van der Waals surface area contributed by atoms with Crippen molar-refractivity contribution in [3.05, 3.63) is 22.4 Å². The number of halogens is 2. The number of rotatable bonds is 4. The highest BCUT2D eigenvalue weighted by Gasteiger charge is 2.32. The lowest BCUT2D eigenvalue weighted by Gasteiger charge is -2.19. The monoisotopic (exact) mass is 366 g/mol. The number of hydrogen-bond donors (Lipinski definition) is 3. The van der Waals surface area contributed by atoms with Crippen LogP contribution in [0.3, 0.4) is 0 Å². The average Bonchev–Trinajstić information content (AvgIpc) is 2.80. The molecule has 0 aromatic heterocycles. The Hall–Kier alpha value is -0.700. The molecule has 0 amide bonds. The Bertz CT molecular complexity index is 609. The molecule has 2 rings (SSSR count). The van der Waals surface area contributed by atoms with Crippen LogP contribution < -0.4 is 10.5 Å². The van der Waals surface area contributed by atoms with E-state index in [4.69, 9.17) is 5.73 Å². The predicted molar refractivity (Wildman–Crippen MR) is 77.0 cm³/mol. The van der Waals surface area contributed by atoms with E-state index in [1.165, 1.54) is 6.07 Å². The number of nitrogens with one attached hydrogen (secondary N) is 1. The summed E-state index contributed by atoms with van der Waals surface area (Å²) in [5, 5.41) is 9.21. The van der Waals surface area contributed by atoms with Crippen molar-refractivity contribution in [2.75, 3.05) is 12.3 Å². The smallest absolute Gasteiger partial charge is 0.243 e. The zero-order valence-corrected chi connectivity index (χ0v) is 13.0. The van der Waals surface area contributed by atoms with Gasteiger partial charge in [-0.1, -0.05) is 6.42 Å². The first-order valence-electron chi connectivity index (χ1n) is 6.23. The van der Waals surface area contributed by atoms with E-state index >= 15 is 0 Å². The van der Waals surface area contributed by atoms with Crippen molar-refractivity contribution in [2.24, 2.45) is 5.92 Å². The van der Waals surface area contributed by atoms with Gasteiger partial charge < -0.3 is 10.8 Å². The molecule has 8 heteroatoms. The van der Waals surface area contributed by atoms with Gasteiger partial charge in [0.2, 0.25) is 10.0 Å². The van der Waals surface area contributed by atoms with Crippen molar-refractivity contribution in [1.82, 2.24) is 4.72 Å². The number of anilines is 1. The van der Waals surface area contributed by atoms with Gasteiger partial charge in [0.05, 0.1) is 4.47 Å². The van der Waals surface area contributed by atoms with Crippen LogP contribution in [-0.4, -0.2) is 26.2 Å². The van der Waals surface area contributed by atoms with E-state index in [9.17, 15) is 17.9 Å². The molecule has 0 saturated heterocycles. The lowest BCUT2D eigenvalue weighted by molar-refractivity contribution is 0.213. The van der Waals surface area contributed by atoms with Gasteiger partial charge in [0.15, 0.2) is 5.82 Å². The minimum atomic E-state index is -4.01. The van der Waals surface area contributed by atoms with Crippen LogP contribution in [0.4, 0.5) is 10.1 Å². The fourth-order valence-corrected chi connectivity index (χ4v) is 4.53. The topological polar surface area (TPSA) is 92.4 Å². The lowest BCUT2D eigenvalue weighted by Crippen LogP contribution is -2.38. The summed E-state index contributed by atoms with van der Waals surface area (Å²) in [6.07, 6.45) is 2.23. The van der Waals surface area contributed by atoms with Gasteiger partial charge >= 0.3 is 0 Å². The second-order valence-electron chi connectivity index (χ2n) is 4.92. The zero-order valence-electron chi connectivity index (χ0n) is 10.6. The number of nitrogens with two attached hydrogens (primary N) is 1. The molecule has 5 nitrogen and oxygen atoms in total. The van der Waals surface area contributed by atoms with Crippen LogP contribution in [-0.2, 0) is 10.0 Å². The van der Waals surface area contributed by atoms with Gasteiger partial charge in [-0.25, -0.2) is 17.5 Å². The first kappa shape index (κ1) is 15.7. The summed E-state index contributed by atoms with van der Waals surface area (Å²) >= 11 is 2.94. The SMILES string of the molecule is Nc1cc(Br)c(F)c(S(=O)(=O)NC2CCCC2CO)c1. The van der Waals surface area contributed by atoms with Gasteiger partial charge in [0.1, 0.15) is 4.90 Å². The molecule has 1 aliphatic carbocycles. The average molecular weight is 367 g/mol. The highest BCUT2D eigenvalue weighted by atomic mass is 79.9. The van der Waals surface area contributed by atoms with Crippen molar-refractivity contribution in [1.29, 1.82) is 0 Å². The van der Waals surface area contributed by atoms with E-state index in [0.29, 0.717) is 6.42 Å². The number of nitrogen functional groups attached to an aromatic ring is 1. The van der Waals surface area contributed by atoms with Gasteiger partial charge in [-0.15, -0.1) is 0 Å². The summed E-state index contributed by atoms with van der Waals surface area (Å²) in [6, 6.07) is 2.02. The molecule has 1 saturated carbocycles. The molecule has 0 aliphatic heterocycles. The molecule has 0 spiro atoms. The fraction of sp³-hybridized carbons (Fsp3) is 0.500. The molecule has 0 radical (unpaired) electrons. The lowest BCUT2D eigenvalue weighted by atomic mass is 10.1. The van der Waals surface area contributed by atoms with Gasteiger partial charge in [0.25, 0.3) is 0 Å². The molecule has 1 aromatic carbocycles. The van der Waals surface area contributed by atoms with Crippen LogP contribution >= 0.6 is 15.9 Å². The van der Waals surface area contributed by atoms with Crippen LogP contribution in [0.15, 0.2) is 21.5 Å². The summed E-state index contributed by atoms with van der Waals surface area (Å²) in [7, 11) is -4.01. The van der Waals surface area contributed by atoms with Crippen molar-refractivity contribution in [3.63, 3.8) is 0 Å². The summed E-state index contributed by atoms with van der Waals surface area (Å²) in [5.74, 6) is -0.998. The molecule has 20 heavy (non-hydrogen) atoms. The van der Waals surface area contributed by atoms with E-state index in [1.54, 1.807) is 0 Å². The molecule has 1 aromatic rings. The second kappa shape index (κ2) is 5.97. The molecule has 1 fully saturated rings. The summed E-state index contributed by atoms with van der Waals surface area (Å²) in [6.45, 7) is -0.0870. The number of hydrogen-bond acceptors (Lipinski definition) is 4. The molecule has 0 bridgehead atoms. The maximum absolute atomic E-state index is 14.0. The molecule has 4 N–H and O–H groups in total. The van der Waals surface area contributed by atoms with E-state index in [0.717, 1.165) is 18.9 Å². The first-order valence-corrected chi connectivity index (χ1v) is 8.50. The predicted octanol–water partition coefficient (Wildman–Crippen LogP) is 1.61. The molecule has 1 aliphatic rings. The minimum Gasteiger partial charge on any atom is -0.399 e. The Balaban J connectivity index is 2.31. The van der Waals surface area contributed by atoms with E-state index in [2.05, 4.69) is 20.7 Å². The number of aliphatic hydroxyl groups excluding tert-OH is 1. The standard InChI is InChI=1S/C12H16BrFN2O3S/c13-9-4-8(15)5-11(12(9)14)20(18,19)16-10-3-1-2-7(10)6-17/h4-5,7,10,16-17H,1-3,6,15H2. The minimum absolute atomic E-state index is 0.00278. The summed E-state index contributed by atoms with van der Waals surface area (Å²) in [4.78, 5) is -0.479. The highest BCUT2D eigenvalue weighted by Crippen LogP contribution is 2.29. The molecule has 0 heterocycles. The Morgan fingerprint density at radius 2 is 2.15 bits per heavy atom. The largest absolute Gasteiger partial charge is 0.399 e. The third-order valence-electron chi connectivity index (χ3n) is 3.51. The van der Waals surface area contributed by atoms with Crippen LogP contribution in [0, 0.1) is 11.7 Å². The normalized spacial score (nSPS) is 23.1. The van der Waals surface area contributed by atoms with Gasteiger partial charge in [0, 0.05) is 18.3 Å². The number of benzene rings is 1. The van der Waals surface area contributed by atoms with E-state index in [1.807, 2.05) is 0 Å². The second-order valence-corrected chi connectivity index (χ2v) is 7.45. The summed E-state index contributed by atoms with van der Waals surface area (Å²) in [5.41, 5.74) is 5.71. The van der Waals surface area contributed by atoms with Gasteiger partial charge in [-0.2, -0.15) is 0 Å². The van der Waals surface area contributed by atoms with Crippen molar-refractivity contribution >= 4 is 31.6 Å². The maximum atomic E-state index is 14.0. The van der Waals surface area contributed by atoms with Crippen LogP contribution in [0.1, 0.15) is 19.3 Å². The number of aliphatic hydroxyl groups is 1. The molecule has 112 valence electrons. The van der Waals surface area contributed by atoms with E-state index < -0.39 is 20.7 Å². The Morgan fingerprint density at radius 1 is 1.45 bits per heavy atom. The highest BCUT2D eigenvalue weighted by molar-refractivity contribution is 9.10. The fourth-order valence-electron chi connectivity index (χ4n) is 2.45.